The predicted octanol–water partition coefficient (Wildman–Crippen LogP) is 7.25. The van der Waals surface area contributed by atoms with Crippen molar-refractivity contribution in [2.24, 2.45) is 0 Å². The summed E-state index contributed by atoms with van der Waals surface area (Å²) in [6.07, 6.45) is 10.5. The standard InChI is InChI=1S/C12H11Si.C9H18N.C9H13.Ti/c1-3-7-11(8-4-1)13-12-9-5-2-6-10-12;10-9-7-5-3-1-2-4-6-8-9;1-6-5-7(2)9(4)8(6)3;/h1-10,13H;9-10H,1-8H2;5H,1-4H3;/q;2*-1;+2. The molecule has 1 aliphatic carbocycles. The molecule has 3 heteroatoms. The molecule has 0 atom stereocenters. The molecular formula is C30H42NSiTi. The number of hydrogen-bond acceptors (Lipinski definition) is 0. The zero-order chi connectivity index (χ0) is 23.2. The van der Waals surface area contributed by atoms with Crippen molar-refractivity contribution in [3.05, 3.63) is 94.7 Å². The first kappa shape index (κ1) is 29.7. The van der Waals surface area contributed by atoms with E-state index in [-0.39, 0.29) is 37.3 Å². The third-order valence-corrected chi connectivity index (χ3v) is 7.90. The Kier molecular flexibility index (Phi) is 15.5. The Morgan fingerprint density at radius 2 is 1.15 bits per heavy atom. The van der Waals surface area contributed by atoms with Crippen LogP contribution in [0.2, 0.25) is 0 Å². The van der Waals surface area contributed by atoms with Crippen molar-refractivity contribution in [2.75, 3.05) is 0 Å². The van der Waals surface area contributed by atoms with Crippen LogP contribution in [0.15, 0.2) is 66.7 Å². The van der Waals surface area contributed by atoms with Crippen LogP contribution in [0.1, 0.15) is 73.6 Å². The quantitative estimate of drug-likeness (QED) is 0.266. The molecule has 0 saturated heterocycles. The molecule has 3 aromatic carbocycles. The second kappa shape index (κ2) is 17.2. The smallest absolute Gasteiger partial charge is 0.675 e. The van der Waals surface area contributed by atoms with Gasteiger partial charge in [-0.1, -0.05) is 150 Å². The molecule has 1 saturated carbocycles. The Morgan fingerprint density at radius 1 is 0.727 bits per heavy atom. The summed E-state index contributed by atoms with van der Waals surface area (Å²) in [5, 5.41) is 2.90. The molecule has 1 N–H and O–H groups in total. The monoisotopic (exact) mass is 492 g/mol. The van der Waals surface area contributed by atoms with Crippen LogP contribution >= 0.6 is 0 Å². The molecule has 0 unspecified atom stereocenters. The van der Waals surface area contributed by atoms with Gasteiger partial charge in [-0.05, 0) is 0 Å². The molecule has 0 spiro atoms. The van der Waals surface area contributed by atoms with Crippen LogP contribution in [-0.2, 0) is 21.7 Å². The summed E-state index contributed by atoms with van der Waals surface area (Å²) in [7, 11) is 0.271. The Bertz CT molecular complexity index is 803. The third kappa shape index (κ3) is 12.1. The van der Waals surface area contributed by atoms with Crippen molar-refractivity contribution < 1.29 is 21.7 Å². The first-order valence-corrected chi connectivity index (χ1v) is 13.5. The van der Waals surface area contributed by atoms with Gasteiger partial charge in [-0.2, -0.15) is 28.3 Å². The largest absolute Gasteiger partial charge is 2.00 e. The minimum Gasteiger partial charge on any atom is -0.675 e. The molecule has 0 heterocycles. The normalized spacial score (nSPS) is 14.2. The second-order valence-electron chi connectivity index (χ2n) is 9.12. The summed E-state index contributed by atoms with van der Waals surface area (Å²) in [5.74, 6) is 0. The van der Waals surface area contributed by atoms with Gasteiger partial charge in [0, 0.05) is 0 Å². The summed E-state index contributed by atoms with van der Waals surface area (Å²) in [6.45, 7) is 8.68. The summed E-state index contributed by atoms with van der Waals surface area (Å²) in [4.78, 5) is 0. The molecule has 4 rings (SSSR count). The van der Waals surface area contributed by atoms with Crippen molar-refractivity contribution in [3.63, 3.8) is 0 Å². The zero-order valence-corrected chi connectivity index (χ0v) is 23.9. The van der Waals surface area contributed by atoms with Crippen molar-refractivity contribution in [1.82, 2.24) is 0 Å². The summed E-state index contributed by atoms with van der Waals surface area (Å²) in [5.41, 5.74) is 13.4. The molecule has 0 aromatic heterocycles. The Hall–Kier alpha value is -1.32. The average molecular weight is 493 g/mol. The third-order valence-electron chi connectivity index (χ3n) is 6.47. The first-order valence-electron chi connectivity index (χ1n) is 12.3. The van der Waals surface area contributed by atoms with Gasteiger partial charge in [0.2, 0.25) is 0 Å². The van der Waals surface area contributed by atoms with Gasteiger partial charge >= 0.3 is 21.7 Å². The van der Waals surface area contributed by atoms with E-state index < -0.39 is 0 Å². The van der Waals surface area contributed by atoms with Crippen molar-refractivity contribution in [2.45, 2.75) is 85.1 Å². The molecule has 1 nitrogen and oxygen atoms in total. The van der Waals surface area contributed by atoms with Gasteiger partial charge in [0.25, 0.3) is 0 Å². The average Bonchev–Trinajstić information content (AvgIpc) is 3.10. The second-order valence-corrected chi connectivity index (χ2v) is 10.7. The molecule has 0 bridgehead atoms. The maximum absolute atomic E-state index is 7.61. The van der Waals surface area contributed by atoms with Gasteiger partial charge in [-0.3, -0.25) is 0 Å². The van der Waals surface area contributed by atoms with Crippen LogP contribution in [0, 0.1) is 27.7 Å². The molecule has 0 aliphatic heterocycles. The van der Waals surface area contributed by atoms with E-state index in [1.54, 1.807) is 0 Å². The van der Waals surface area contributed by atoms with Crippen LogP contribution in [0.3, 0.4) is 0 Å². The van der Waals surface area contributed by atoms with Gasteiger partial charge in [-0.25, -0.2) is 0 Å². The number of aryl methyl sites for hydroxylation is 2. The minimum atomic E-state index is 0. The topological polar surface area (TPSA) is 23.8 Å². The molecule has 0 amide bonds. The molecular weight excluding hydrogens is 450 g/mol. The van der Waals surface area contributed by atoms with Crippen LogP contribution in [0.25, 0.3) is 5.73 Å². The molecule has 3 aromatic rings. The molecule has 1 aliphatic rings. The van der Waals surface area contributed by atoms with Crippen molar-refractivity contribution >= 4 is 19.9 Å². The molecule has 1 radical (unpaired) electrons. The minimum absolute atomic E-state index is 0. The Labute approximate surface area is 220 Å². The molecule has 33 heavy (non-hydrogen) atoms. The van der Waals surface area contributed by atoms with E-state index in [9.17, 15) is 0 Å². The maximum Gasteiger partial charge on any atom is 2.00 e. The van der Waals surface area contributed by atoms with Crippen molar-refractivity contribution in [1.29, 1.82) is 0 Å². The SMILES string of the molecule is Cc1c[c-](C)c(C)c1C.[NH-]C1CCCCCCCC1.[Ti+2].c1ccc([SiH]c2ccccc2)cc1. The fourth-order valence-corrected chi connectivity index (χ4v) is 5.27. The van der Waals surface area contributed by atoms with Gasteiger partial charge < -0.3 is 5.73 Å². The summed E-state index contributed by atoms with van der Waals surface area (Å²) >= 11 is 0. The van der Waals surface area contributed by atoms with Gasteiger partial charge in [0.15, 0.2) is 0 Å². The number of rotatable bonds is 2. The summed E-state index contributed by atoms with van der Waals surface area (Å²) in [6, 6.07) is 23.8. The Balaban J connectivity index is 0.000000249. The summed E-state index contributed by atoms with van der Waals surface area (Å²) < 4.78 is 0. The number of nitrogens with one attached hydrogen (secondary N) is 1. The first-order chi connectivity index (χ1) is 15.5. The maximum atomic E-state index is 7.61. The molecule has 1 fully saturated rings. The van der Waals surface area contributed by atoms with Crippen molar-refractivity contribution in [3.8, 4) is 0 Å². The van der Waals surface area contributed by atoms with Crippen LogP contribution < -0.4 is 10.4 Å². The van der Waals surface area contributed by atoms with E-state index >= 15 is 0 Å². The van der Waals surface area contributed by atoms with Crippen LogP contribution in [0.4, 0.5) is 0 Å². The van der Waals surface area contributed by atoms with E-state index in [0.29, 0.717) is 0 Å². The van der Waals surface area contributed by atoms with Gasteiger partial charge in [0.1, 0.15) is 9.52 Å². The Morgan fingerprint density at radius 3 is 1.48 bits per heavy atom. The van der Waals surface area contributed by atoms with Crippen LogP contribution in [0.5, 0.6) is 0 Å². The number of hydrogen-bond donors (Lipinski definition) is 0. The van der Waals surface area contributed by atoms with E-state index in [1.807, 2.05) is 0 Å². The van der Waals surface area contributed by atoms with Gasteiger partial charge in [-0.15, -0.1) is 6.04 Å². The fourth-order valence-electron chi connectivity index (χ4n) is 4.06. The number of benzene rings is 2. The van der Waals surface area contributed by atoms with Crippen LogP contribution in [-0.4, -0.2) is 15.6 Å². The fraction of sp³-hybridized carbons (Fsp3) is 0.433. The molecule has 175 valence electrons. The van der Waals surface area contributed by atoms with E-state index in [0.717, 1.165) is 12.8 Å². The van der Waals surface area contributed by atoms with Gasteiger partial charge in [0.05, 0.1) is 0 Å². The predicted molar refractivity (Wildman–Crippen MR) is 145 cm³/mol. The zero-order valence-electron chi connectivity index (χ0n) is 21.2. The van der Waals surface area contributed by atoms with E-state index in [2.05, 4.69) is 94.4 Å². The van der Waals surface area contributed by atoms with E-state index in [1.165, 1.54) is 71.2 Å². The van der Waals surface area contributed by atoms with E-state index in [4.69, 9.17) is 5.73 Å².